The Morgan fingerprint density at radius 2 is 1.59 bits per heavy atom. The predicted molar refractivity (Wildman–Crippen MR) is 135 cm³/mol. The Morgan fingerprint density at radius 3 is 2.16 bits per heavy atom. The van der Waals surface area contributed by atoms with Crippen LogP contribution in [0.4, 0.5) is 0 Å². The van der Waals surface area contributed by atoms with Gasteiger partial charge in [-0.2, -0.15) is 0 Å². The monoisotopic (exact) mass is 552 g/mol. The molecule has 3 rings (SSSR count). The number of benzene rings is 2. The van der Waals surface area contributed by atoms with Gasteiger partial charge >= 0.3 is 0 Å². The van der Waals surface area contributed by atoms with Gasteiger partial charge in [-0.1, -0.05) is 29.8 Å². The van der Waals surface area contributed by atoms with Gasteiger partial charge in [-0.3, -0.25) is 4.99 Å². The Hall–Kier alpha value is -2.95. The number of aromatic nitrogens is 1. The van der Waals surface area contributed by atoms with E-state index in [0.29, 0.717) is 42.2 Å². The molecule has 0 bridgehead atoms. The van der Waals surface area contributed by atoms with Crippen LogP contribution in [0.2, 0.25) is 0 Å². The standard InChI is InChI=1S/C23H28N4O4.HI/c1-15-6-8-17(9-7-15)20-13-25-21(31-20)14-27-23(24-2)26-12-16-10-18(28-3)22(30-5)19(11-16)29-4;/h6-11,13H,12,14H2,1-5H3,(H2,24,26,27);1H. The van der Waals surface area contributed by atoms with Gasteiger partial charge in [0.05, 0.1) is 34.1 Å². The summed E-state index contributed by atoms with van der Waals surface area (Å²) in [5.41, 5.74) is 3.15. The molecule has 0 spiro atoms. The zero-order valence-electron chi connectivity index (χ0n) is 18.9. The van der Waals surface area contributed by atoms with Crippen molar-refractivity contribution in [1.29, 1.82) is 0 Å². The second-order valence-electron chi connectivity index (χ2n) is 6.80. The average molecular weight is 552 g/mol. The molecular weight excluding hydrogens is 523 g/mol. The number of rotatable bonds is 8. The maximum Gasteiger partial charge on any atom is 0.214 e. The van der Waals surface area contributed by atoms with Gasteiger partial charge in [0.15, 0.2) is 23.2 Å². The van der Waals surface area contributed by atoms with Crippen molar-refractivity contribution in [2.24, 2.45) is 4.99 Å². The van der Waals surface area contributed by atoms with Gasteiger partial charge in [0, 0.05) is 19.2 Å². The first-order valence-electron chi connectivity index (χ1n) is 9.83. The lowest BCUT2D eigenvalue weighted by Crippen LogP contribution is -2.36. The Balaban J connectivity index is 0.00000363. The summed E-state index contributed by atoms with van der Waals surface area (Å²) in [5.74, 6) is 3.69. The molecule has 0 amide bonds. The fraction of sp³-hybridized carbons (Fsp3) is 0.304. The van der Waals surface area contributed by atoms with Crippen LogP contribution < -0.4 is 24.8 Å². The second-order valence-corrected chi connectivity index (χ2v) is 6.80. The van der Waals surface area contributed by atoms with Crippen LogP contribution >= 0.6 is 24.0 Å². The van der Waals surface area contributed by atoms with Crippen molar-refractivity contribution in [2.45, 2.75) is 20.0 Å². The Labute approximate surface area is 205 Å². The van der Waals surface area contributed by atoms with Gasteiger partial charge in [-0.25, -0.2) is 4.98 Å². The van der Waals surface area contributed by atoms with E-state index >= 15 is 0 Å². The highest BCUT2D eigenvalue weighted by atomic mass is 127. The van der Waals surface area contributed by atoms with Crippen LogP contribution in [0.25, 0.3) is 11.3 Å². The molecule has 0 aliphatic carbocycles. The van der Waals surface area contributed by atoms with Crippen molar-refractivity contribution in [3.8, 4) is 28.6 Å². The van der Waals surface area contributed by atoms with Gasteiger partial charge < -0.3 is 29.3 Å². The third-order valence-corrected chi connectivity index (χ3v) is 4.70. The van der Waals surface area contributed by atoms with Crippen LogP contribution in [0.1, 0.15) is 17.0 Å². The minimum absolute atomic E-state index is 0. The molecule has 0 unspecified atom stereocenters. The third kappa shape index (κ3) is 6.28. The lowest BCUT2D eigenvalue weighted by atomic mass is 10.1. The summed E-state index contributed by atoms with van der Waals surface area (Å²) in [5, 5.41) is 6.46. The molecule has 0 aliphatic heterocycles. The number of aliphatic imine (C=N–C) groups is 1. The number of halogens is 1. The molecule has 8 nitrogen and oxygen atoms in total. The van der Waals surface area contributed by atoms with Crippen LogP contribution in [0, 0.1) is 6.92 Å². The van der Waals surface area contributed by atoms with Crippen molar-refractivity contribution in [3.05, 3.63) is 59.6 Å². The number of aryl methyl sites for hydroxylation is 1. The van der Waals surface area contributed by atoms with Gasteiger partial charge in [0.25, 0.3) is 0 Å². The molecule has 172 valence electrons. The highest BCUT2D eigenvalue weighted by molar-refractivity contribution is 14.0. The molecule has 0 saturated carbocycles. The number of nitrogens with zero attached hydrogens (tertiary/aromatic N) is 2. The van der Waals surface area contributed by atoms with Crippen molar-refractivity contribution < 1.29 is 18.6 Å². The summed E-state index contributed by atoms with van der Waals surface area (Å²) in [6.45, 7) is 2.97. The number of guanidine groups is 1. The number of oxazole rings is 1. The molecule has 3 aromatic rings. The lowest BCUT2D eigenvalue weighted by molar-refractivity contribution is 0.323. The molecule has 1 aromatic heterocycles. The Kier molecular flexibility index (Phi) is 9.63. The summed E-state index contributed by atoms with van der Waals surface area (Å²) in [6, 6.07) is 11.9. The van der Waals surface area contributed by atoms with Crippen LogP contribution in [0.15, 0.2) is 52.0 Å². The lowest BCUT2D eigenvalue weighted by Gasteiger charge is -2.15. The van der Waals surface area contributed by atoms with E-state index in [4.69, 9.17) is 18.6 Å². The largest absolute Gasteiger partial charge is 0.493 e. The molecule has 2 aromatic carbocycles. The van der Waals surface area contributed by atoms with E-state index in [2.05, 4.69) is 27.5 Å². The molecule has 0 saturated heterocycles. The highest BCUT2D eigenvalue weighted by Gasteiger charge is 2.13. The number of hydrogen-bond acceptors (Lipinski definition) is 6. The Bertz CT molecular complexity index is 1010. The second kappa shape index (κ2) is 12.2. The van der Waals surface area contributed by atoms with E-state index in [1.807, 2.05) is 36.4 Å². The van der Waals surface area contributed by atoms with Gasteiger partial charge in [0.1, 0.15) is 0 Å². The van der Waals surface area contributed by atoms with Crippen LogP contribution in [0.5, 0.6) is 17.2 Å². The van der Waals surface area contributed by atoms with Gasteiger partial charge in [-0.05, 0) is 24.6 Å². The summed E-state index contributed by atoms with van der Waals surface area (Å²) in [6.07, 6.45) is 1.73. The molecule has 0 atom stereocenters. The van der Waals surface area contributed by atoms with Crippen LogP contribution in [0.3, 0.4) is 0 Å². The molecule has 9 heteroatoms. The van der Waals surface area contributed by atoms with Crippen molar-refractivity contribution in [1.82, 2.24) is 15.6 Å². The molecule has 0 aliphatic rings. The molecule has 32 heavy (non-hydrogen) atoms. The first kappa shape index (κ1) is 25.3. The Morgan fingerprint density at radius 1 is 0.969 bits per heavy atom. The minimum Gasteiger partial charge on any atom is -0.493 e. The van der Waals surface area contributed by atoms with E-state index in [1.165, 1.54) is 5.56 Å². The number of nitrogens with one attached hydrogen (secondary N) is 2. The topological polar surface area (TPSA) is 90.1 Å². The van der Waals surface area contributed by atoms with E-state index in [-0.39, 0.29) is 24.0 Å². The summed E-state index contributed by atoms with van der Waals surface area (Å²) in [4.78, 5) is 8.59. The maximum absolute atomic E-state index is 5.85. The highest BCUT2D eigenvalue weighted by Crippen LogP contribution is 2.38. The first-order valence-corrected chi connectivity index (χ1v) is 9.83. The molecule has 2 N–H and O–H groups in total. The first-order chi connectivity index (χ1) is 15.1. The number of hydrogen-bond donors (Lipinski definition) is 2. The molecule has 0 fully saturated rings. The third-order valence-electron chi connectivity index (χ3n) is 4.70. The average Bonchev–Trinajstić information content (AvgIpc) is 3.27. The maximum atomic E-state index is 5.85. The van der Waals surface area contributed by atoms with Crippen LogP contribution in [-0.4, -0.2) is 39.3 Å². The van der Waals surface area contributed by atoms with Gasteiger partial charge in [-0.15, -0.1) is 24.0 Å². The van der Waals surface area contributed by atoms with E-state index in [1.54, 1.807) is 34.6 Å². The number of ether oxygens (including phenoxy) is 3. The fourth-order valence-corrected chi connectivity index (χ4v) is 3.05. The minimum atomic E-state index is 0. The summed E-state index contributed by atoms with van der Waals surface area (Å²) >= 11 is 0. The van der Waals surface area contributed by atoms with E-state index in [9.17, 15) is 0 Å². The van der Waals surface area contributed by atoms with E-state index < -0.39 is 0 Å². The zero-order chi connectivity index (χ0) is 22.2. The zero-order valence-corrected chi connectivity index (χ0v) is 21.2. The predicted octanol–water partition coefficient (Wildman–Crippen LogP) is 4.16. The van der Waals surface area contributed by atoms with E-state index in [0.717, 1.165) is 16.9 Å². The summed E-state index contributed by atoms with van der Waals surface area (Å²) in [7, 11) is 6.47. The van der Waals surface area contributed by atoms with Crippen LogP contribution in [-0.2, 0) is 13.1 Å². The van der Waals surface area contributed by atoms with Crippen molar-refractivity contribution in [2.75, 3.05) is 28.4 Å². The normalized spacial score (nSPS) is 10.8. The molecule has 1 heterocycles. The summed E-state index contributed by atoms with van der Waals surface area (Å²) < 4.78 is 22.0. The smallest absolute Gasteiger partial charge is 0.214 e. The number of methoxy groups -OCH3 is 3. The fourth-order valence-electron chi connectivity index (χ4n) is 3.05. The SMILES string of the molecule is CN=C(NCc1cc(OC)c(OC)c(OC)c1)NCc1ncc(-c2ccc(C)cc2)o1.I. The van der Waals surface area contributed by atoms with Crippen molar-refractivity contribution >= 4 is 29.9 Å². The van der Waals surface area contributed by atoms with Crippen molar-refractivity contribution in [3.63, 3.8) is 0 Å². The molecule has 0 radical (unpaired) electrons. The van der Waals surface area contributed by atoms with Gasteiger partial charge in [0.2, 0.25) is 11.6 Å². The quantitative estimate of drug-likeness (QED) is 0.247. The molecular formula is C23H29IN4O4.